The minimum absolute atomic E-state index is 0.366. The first-order chi connectivity index (χ1) is 7.64. The van der Waals surface area contributed by atoms with E-state index in [1.165, 1.54) is 0 Å². The molecule has 0 bridgehead atoms. The topological polar surface area (TPSA) is 82.2 Å². The van der Waals surface area contributed by atoms with Crippen molar-refractivity contribution in [3.8, 4) is 0 Å². The second-order valence-corrected chi connectivity index (χ2v) is 4.83. The maximum Gasteiger partial charge on any atom is 0.330 e. The Bertz CT molecular complexity index is 396. The molecule has 0 aromatic carbocycles. The van der Waals surface area contributed by atoms with Gasteiger partial charge in [0.2, 0.25) is 0 Å². The molecule has 0 radical (unpaired) electrons. The number of carboxylic acid groups (broad SMARTS) is 1. The van der Waals surface area contributed by atoms with E-state index in [1.54, 1.807) is 30.1 Å². The van der Waals surface area contributed by atoms with Crippen LogP contribution < -0.4 is 5.32 Å². The summed E-state index contributed by atoms with van der Waals surface area (Å²) >= 11 is 1.54. The van der Waals surface area contributed by atoms with Gasteiger partial charge >= 0.3 is 5.97 Å². The van der Waals surface area contributed by atoms with Gasteiger partial charge in [0.1, 0.15) is 11.2 Å². The monoisotopic (exact) mass is 240 g/mol. The number of nitrogens with one attached hydrogen (secondary N) is 2. The molecule has 86 valence electrons. The fourth-order valence-electron chi connectivity index (χ4n) is 1.64. The van der Waals surface area contributed by atoms with Crippen molar-refractivity contribution in [2.24, 2.45) is 0 Å². The van der Waals surface area contributed by atoms with Gasteiger partial charge in [-0.05, 0) is 24.3 Å². The summed E-state index contributed by atoms with van der Waals surface area (Å²) in [6, 6.07) is 3.32. The lowest BCUT2D eigenvalue weighted by molar-refractivity contribution is -0.143. The summed E-state index contributed by atoms with van der Waals surface area (Å²) in [5.74, 6) is -0.140. The SMILES string of the molecule is O=C(NC1(C(=O)O)CCSC1)c1ccc[nH]1. The van der Waals surface area contributed by atoms with E-state index in [4.69, 9.17) is 0 Å². The molecule has 0 saturated carbocycles. The zero-order chi connectivity index (χ0) is 11.6. The fourth-order valence-corrected chi connectivity index (χ4v) is 2.97. The summed E-state index contributed by atoms with van der Waals surface area (Å²) < 4.78 is 0. The third kappa shape index (κ3) is 1.92. The second kappa shape index (κ2) is 4.21. The lowest BCUT2D eigenvalue weighted by atomic mass is 9.99. The number of aliphatic carboxylic acids is 1. The molecule has 1 aliphatic heterocycles. The minimum atomic E-state index is -1.10. The van der Waals surface area contributed by atoms with Crippen molar-refractivity contribution in [2.45, 2.75) is 12.0 Å². The molecule has 6 heteroatoms. The van der Waals surface area contributed by atoms with Crippen LogP contribution in [0.2, 0.25) is 0 Å². The van der Waals surface area contributed by atoms with Crippen LogP contribution in [-0.2, 0) is 4.79 Å². The lowest BCUT2D eigenvalue weighted by Gasteiger charge is -2.24. The molecule has 3 N–H and O–H groups in total. The highest BCUT2D eigenvalue weighted by Crippen LogP contribution is 2.28. The van der Waals surface area contributed by atoms with Crippen LogP contribution in [0.4, 0.5) is 0 Å². The Balaban J connectivity index is 2.13. The Morgan fingerprint density at radius 2 is 2.38 bits per heavy atom. The Hall–Kier alpha value is -1.43. The molecule has 1 amide bonds. The molecule has 1 saturated heterocycles. The van der Waals surface area contributed by atoms with Crippen LogP contribution in [-0.4, -0.2) is 39.0 Å². The summed E-state index contributed by atoms with van der Waals surface area (Å²) in [5.41, 5.74) is -0.718. The van der Waals surface area contributed by atoms with Crippen molar-refractivity contribution in [1.82, 2.24) is 10.3 Å². The highest BCUT2D eigenvalue weighted by molar-refractivity contribution is 7.99. The summed E-state index contributed by atoms with van der Waals surface area (Å²) in [7, 11) is 0. The number of carboxylic acids is 1. The molecule has 1 aliphatic rings. The molecule has 5 nitrogen and oxygen atoms in total. The van der Waals surface area contributed by atoms with Gasteiger partial charge in [-0.25, -0.2) is 4.79 Å². The number of carbonyl (C=O) groups excluding carboxylic acids is 1. The van der Waals surface area contributed by atoms with E-state index in [0.717, 1.165) is 5.75 Å². The molecule has 2 heterocycles. The predicted molar refractivity (Wildman–Crippen MR) is 60.6 cm³/mol. The van der Waals surface area contributed by atoms with Gasteiger partial charge in [-0.15, -0.1) is 0 Å². The average molecular weight is 240 g/mol. The number of thioether (sulfide) groups is 1. The first-order valence-electron chi connectivity index (χ1n) is 4.91. The second-order valence-electron chi connectivity index (χ2n) is 3.73. The number of hydrogen-bond donors (Lipinski definition) is 3. The largest absolute Gasteiger partial charge is 0.479 e. The van der Waals surface area contributed by atoms with Crippen LogP contribution in [0.3, 0.4) is 0 Å². The van der Waals surface area contributed by atoms with Gasteiger partial charge in [0, 0.05) is 11.9 Å². The van der Waals surface area contributed by atoms with Crippen molar-refractivity contribution in [1.29, 1.82) is 0 Å². The predicted octanol–water partition coefficient (Wildman–Crippen LogP) is 0.705. The molecule has 1 aromatic heterocycles. The van der Waals surface area contributed by atoms with Gasteiger partial charge in [-0.1, -0.05) is 0 Å². The molecular weight excluding hydrogens is 228 g/mol. The Morgan fingerprint density at radius 3 is 2.88 bits per heavy atom. The Kier molecular flexibility index (Phi) is 2.91. The van der Waals surface area contributed by atoms with Crippen LogP contribution in [0, 0.1) is 0 Å². The van der Waals surface area contributed by atoms with Gasteiger partial charge < -0.3 is 15.4 Å². The third-order valence-corrected chi connectivity index (χ3v) is 3.82. The quantitative estimate of drug-likeness (QED) is 0.726. The van der Waals surface area contributed by atoms with Crippen molar-refractivity contribution in [3.05, 3.63) is 24.0 Å². The summed E-state index contributed by atoms with van der Waals surface area (Å²) in [6.07, 6.45) is 2.10. The van der Waals surface area contributed by atoms with Crippen molar-refractivity contribution in [2.75, 3.05) is 11.5 Å². The zero-order valence-electron chi connectivity index (χ0n) is 8.53. The van der Waals surface area contributed by atoms with E-state index < -0.39 is 11.5 Å². The van der Waals surface area contributed by atoms with Crippen LogP contribution in [0.1, 0.15) is 16.9 Å². The van der Waals surface area contributed by atoms with E-state index in [1.807, 2.05) is 0 Å². The molecule has 1 aromatic rings. The Morgan fingerprint density at radius 1 is 1.56 bits per heavy atom. The smallest absolute Gasteiger partial charge is 0.330 e. The fraction of sp³-hybridized carbons (Fsp3) is 0.400. The number of aromatic amines is 1. The van der Waals surface area contributed by atoms with Crippen molar-refractivity contribution in [3.63, 3.8) is 0 Å². The molecule has 1 atom stereocenters. The molecule has 2 rings (SSSR count). The number of H-pyrrole nitrogens is 1. The number of rotatable bonds is 3. The van der Waals surface area contributed by atoms with Crippen LogP contribution in [0.15, 0.2) is 18.3 Å². The van der Waals surface area contributed by atoms with E-state index in [2.05, 4.69) is 10.3 Å². The van der Waals surface area contributed by atoms with Crippen LogP contribution in [0.5, 0.6) is 0 Å². The first-order valence-corrected chi connectivity index (χ1v) is 6.07. The van der Waals surface area contributed by atoms with E-state index >= 15 is 0 Å². The van der Waals surface area contributed by atoms with E-state index in [0.29, 0.717) is 17.9 Å². The van der Waals surface area contributed by atoms with Crippen LogP contribution >= 0.6 is 11.8 Å². The standard InChI is InChI=1S/C10H12N2O3S/c13-8(7-2-1-4-11-7)12-10(9(14)15)3-5-16-6-10/h1-2,4,11H,3,5-6H2,(H,12,13)(H,14,15). The lowest BCUT2D eigenvalue weighted by Crippen LogP contribution is -2.54. The maximum atomic E-state index is 11.8. The summed E-state index contributed by atoms with van der Waals surface area (Å²) in [6.45, 7) is 0. The molecular formula is C10H12N2O3S. The van der Waals surface area contributed by atoms with E-state index in [-0.39, 0.29) is 5.91 Å². The molecule has 1 unspecified atom stereocenters. The van der Waals surface area contributed by atoms with Gasteiger partial charge in [0.05, 0.1) is 0 Å². The van der Waals surface area contributed by atoms with Crippen molar-refractivity contribution >= 4 is 23.6 Å². The number of hydrogen-bond acceptors (Lipinski definition) is 3. The number of amides is 1. The summed E-state index contributed by atoms with van der Waals surface area (Å²) in [5, 5.41) is 11.8. The highest BCUT2D eigenvalue weighted by Gasteiger charge is 2.43. The number of aromatic nitrogens is 1. The molecule has 0 spiro atoms. The normalized spacial score (nSPS) is 24.2. The molecule has 0 aliphatic carbocycles. The van der Waals surface area contributed by atoms with Gasteiger partial charge in [-0.2, -0.15) is 11.8 Å². The van der Waals surface area contributed by atoms with Crippen molar-refractivity contribution < 1.29 is 14.7 Å². The maximum absolute atomic E-state index is 11.8. The third-order valence-electron chi connectivity index (χ3n) is 2.63. The summed E-state index contributed by atoms with van der Waals surface area (Å²) in [4.78, 5) is 25.7. The number of carbonyl (C=O) groups is 2. The van der Waals surface area contributed by atoms with Gasteiger partial charge in [-0.3, -0.25) is 4.79 Å². The first kappa shape index (κ1) is 11.1. The Labute approximate surface area is 96.6 Å². The zero-order valence-corrected chi connectivity index (χ0v) is 9.34. The van der Waals surface area contributed by atoms with Crippen LogP contribution in [0.25, 0.3) is 0 Å². The molecule has 16 heavy (non-hydrogen) atoms. The van der Waals surface area contributed by atoms with Gasteiger partial charge in [0.15, 0.2) is 0 Å². The average Bonchev–Trinajstić information content (AvgIpc) is 2.88. The van der Waals surface area contributed by atoms with E-state index in [9.17, 15) is 14.7 Å². The minimum Gasteiger partial charge on any atom is -0.479 e. The van der Waals surface area contributed by atoms with Gasteiger partial charge in [0.25, 0.3) is 5.91 Å². The molecule has 1 fully saturated rings. The highest BCUT2D eigenvalue weighted by atomic mass is 32.2.